The minimum atomic E-state index is -5.08. The minimum Gasteiger partial charge on any atom is -0.486 e. The Morgan fingerprint density at radius 3 is 2.53 bits per heavy atom. The van der Waals surface area contributed by atoms with Crippen molar-refractivity contribution in [3.63, 3.8) is 0 Å². The van der Waals surface area contributed by atoms with Gasteiger partial charge in [0.25, 0.3) is 0 Å². The molecule has 0 spiro atoms. The molecule has 0 amide bonds. The Labute approximate surface area is 266 Å². The molecule has 6 rings (SSSR count). The van der Waals surface area contributed by atoms with E-state index in [4.69, 9.17) is 26.2 Å². The van der Waals surface area contributed by atoms with Gasteiger partial charge in [0.2, 0.25) is 0 Å². The lowest BCUT2D eigenvalue weighted by Gasteiger charge is -2.32. The second kappa shape index (κ2) is 14.4. The van der Waals surface area contributed by atoms with Crippen LogP contribution in [-0.4, -0.2) is 81.8 Å². The number of alkyl halides is 3. The number of anilines is 2. The van der Waals surface area contributed by atoms with Crippen molar-refractivity contribution in [3.05, 3.63) is 83.4 Å². The Morgan fingerprint density at radius 2 is 1.84 bits per heavy atom. The number of piperazine rings is 1. The third-order valence-corrected chi connectivity index (χ3v) is 8.54. The van der Waals surface area contributed by atoms with Crippen molar-refractivity contribution in [1.29, 1.82) is 0 Å². The molecule has 9 nitrogen and oxygen atoms in total. The highest BCUT2D eigenvalue weighted by Gasteiger charge is 2.38. The second-order valence-electron chi connectivity index (χ2n) is 10.4. The molecule has 236 valence electrons. The summed E-state index contributed by atoms with van der Waals surface area (Å²) >= 11 is 8.25. The van der Waals surface area contributed by atoms with Crippen LogP contribution in [0.2, 0.25) is 5.02 Å². The summed E-state index contributed by atoms with van der Waals surface area (Å²) < 4.78 is 38.8. The molecule has 0 bridgehead atoms. The number of rotatable bonds is 8. The number of hydrogen-bond donors (Lipinski definition) is 2. The van der Waals surface area contributed by atoms with Gasteiger partial charge in [0.05, 0.1) is 16.1 Å². The van der Waals surface area contributed by atoms with E-state index < -0.39 is 12.1 Å². The standard InChI is InChI=1S/C29H29ClN6OS.C2HF3O2/c1-35-12-14-36(15-13-35)11-9-20-5-7-23-26(16-20)38-29-27(23)28(32-19-33-29)34-21-6-8-25(24(30)17-21)37-18-22-4-2-3-10-31-22;3-2(4,5)1(6)7/h2-8,10,16-17,19H,9,11-15,18H2,1H3,(H,32,33,34);(H,6,7). The normalized spacial score (nSPS) is 14.2. The van der Waals surface area contributed by atoms with E-state index in [2.05, 4.69) is 55.3 Å². The van der Waals surface area contributed by atoms with Gasteiger partial charge in [-0.2, -0.15) is 13.2 Å². The number of aromatic nitrogens is 3. The first-order valence-electron chi connectivity index (χ1n) is 14.0. The molecule has 0 aliphatic carbocycles. The number of likely N-dealkylation sites (N-methyl/N-ethyl adjacent to an activating group) is 1. The molecule has 2 N–H and O–H groups in total. The van der Waals surface area contributed by atoms with Gasteiger partial charge in [0, 0.05) is 54.7 Å². The molecular formula is C31H30ClF3N6O3S. The van der Waals surface area contributed by atoms with Crippen LogP contribution in [0.1, 0.15) is 11.3 Å². The van der Waals surface area contributed by atoms with E-state index in [1.54, 1.807) is 23.9 Å². The van der Waals surface area contributed by atoms with E-state index in [1.807, 2.05) is 36.4 Å². The zero-order chi connectivity index (χ0) is 32.0. The summed E-state index contributed by atoms with van der Waals surface area (Å²) in [7, 11) is 2.20. The fourth-order valence-corrected chi connectivity index (χ4v) is 6.07. The summed E-state index contributed by atoms with van der Waals surface area (Å²) in [5, 5.41) is 13.3. The molecule has 2 aromatic carbocycles. The molecule has 0 saturated carbocycles. The van der Waals surface area contributed by atoms with Gasteiger partial charge in [0.15, 0.2) is 0 Å². The average Bonchev–Trinajstić information content (AvgIpc) is 3.39. The predicted octanol–water partition coefficient (Wildman–Crippen LogP) is 6.64. The highest BCUT2D eigenvalue weighted by atomic mass is 35.5. The summed E-state index contributed by atoms with van der Waals surface area (Å²) in [6, 6.07) is 18.2. The fraction of sp³-hybridized carbons (Fsp3) is 0.290. The largest absolute Gasteiger partial charge is 0.490 e. The summed E-state index contributed by atoms with van der Waals surface area (Å²) in [6.07, 6.45) is -0.669. The van der Waals surface area contributed by atoms with Crippen molar-refractivity contribution >= 4 is 60.7 Å². The first kappa shape index (κ1) is 32.4. The smallest absolute Gasteiger partial charge is 0.486 e. The van der Waals surface area contributed by atoms with Crippen molar-refractivity contribution in [2.45, 2.75) is 19.2 Å². The van der Waals surface area contributed by atoms with Gasteiger partial charge in [-0.25, -0.2) is 14.8 Å². The van der Waals surface area contributed by atoms with Gasteiger partial charge < -0.3 is 25.0 Å². The van der Waals surface area contributed by atoms with Crippen molar-refractivity contribution in [1.82, 2.24) is 24.8 Å². The molecule has 0 radical (unpaired) electrons. The van der Waals surface area contributed by atoms with Gasteiger partial charge in [0.1, 0.15) is 29.3 Å². The Balaban J connectivity index is 0.000000515. The number of hydrogen-bond acceptors (Lipinski definition) is 9. The highest BCUT2D eigenvalue weighted by Crippen LogP contribution is 2.38. The number of fused-ring (bicyclic) bond motifs is 3. The number of ether oxygens (including phenoxy) is 1. The predicted molar refractivity (Wildman–Crippen MR) is 170 cm³/mol. The van der Waals surface area contributed by atoms with Crippen LogP contribution >= 0.6 is 22.9 Å². The van der Waals surface area contributed by atoms with Crippen LogP contribution in [-0.2, 0) is 17.8 Å². The molecule has 1 aliphatic heterocycles. The number of carboxylic acids is 1. The van der Waals surface area contributed by atoms with E-state index in [0.717, 1.165) is 71.9 Å². The average molecular weight is 659 g/mol. The van der Waals surface area contributed by atoms with Gasteiger partial charge in [-0.15, -0.1) is 11.3 Å². The van der Waals surface area contributed by atoms with Crippen LogP contribution in [0.4, 0.5) is 24.7 Å². The summed E-state index contributed by atoms with van der Waals surface area (Å²) in [4.78, 5) is 28.2. The van der Waals surface area contributed by atoms with Crippen LogP contribution in [0.25, 0.3) is 20.3 Å². The minimum absolute atomic E-state index is 0.359. The van der Waals surface area contributed by atoms with Gasteiger partial charge in [-0.1, -0.05) is 29.8 Å². The Kier molecular flexibility index (Phi) is 10.3. The number of carboxylic acid groups (broad SMARTS) is 1. The molecule has 1 fully saturated rings. The molecule has 14 heteroatoms. The van der Waals surface area contributed by atoms with E-state index in [0.29, 0.717) is 17.4 Å². The zero-order valence-electron chi connectivity index (χ0n) is 24.2. The van der Waals surface area contributed by atoms with Crippen molar-refractivity contribution in [2.75, 3.05) is 45.1 Å². The number of nitrogens with zero attached hydrogens (tertiary/aromatic N) is 5. The van der Waals surface area contributed by atoms with Crippen LogP contribution < -0.4 is 10.1 Å². The van der Waals surface area contributed by atoms with Crippen LogP contribution in [0.15, 0.2) is 67.1 Å². The van der Waals surface area contributed by atoms with Crippen LogP contribution in [0, 0.1) is 0 Å². The quantitative estimate of drug-likeness (QED) is 0.190. The Bertz CT molecular complexity index is 1760. The molecule has 4 heterocycles. The maximum Gasteiger partial charge on any atom is 0.490 e. The maximum atomic E-state index is 10.6. The molecule has 0 atom stereocenters. The van der Waals surface area contributed by atoms with Gasteiger partial charge in [-0.3, -0.25) is 4.98 Å². The zero-order valence-corrected chi connectivity index (χ0v) is 25.8. The number of benzene rings is 2. The van der Waals surface area contributed by atoms with E-state index in [-0.39, 0.29) is 0 Å². The lowest BCUT2D eigenvalue weighted by Crippen LogP contribution is -2.45. The van der Waals surface area contributed by atoms with E-state index in [9.17, 15) is 13.2 Å². The summed E-state index contributed by atoms with van der Waals surface area (Å²) in [5.41, 5.74) is 3.04. The number of thiophene rings is 1. The lowest BCUT2D eigenvalue weighted by atomic mass is 10.1. The van der Waals surface area contributed by atoms with Crippen molar-refractivity contribution < 1.29 is 27.8 Å². The van der Waals surface area contributed by atoms with Crippen LogP contribution in [0.3, 0.4) is 0 Å². The van der Waals surface area contributed by atoms with Crippen LogP contribution in [0.5, 0.6) is 5.75 Å². The number of halogens is 4. The van der Waals surface area contributed by atoms with Gasteiger partial charge >= 0.3 is 12.1 Å². The SMILES string of the molecule is CN1CCN(CCc2ccc3c(c2)sc2ncnc(Nc4ccc(OCc5ccccn5)c(Cl)c4)c23)CC1.O=C(O)C(F)(F)F. The molecule has 0 unspecified atom stereocenters. The Morgan fingerprint density at radius 1 is 1.07 bits per heavy atom. The molecule has 5 aromatic rings. The summed E-state index contributed by atoms with van der Waals surface area (Å²) in [6.45, 7) is 6.05. The van der Waals surface area contributed by atoms with Crippen molar-refractivity contribution in [2.24, 2.45) is 0 Å². The highest BCUT2D eigenvalue weighted by molar-refractivity contribution is 7.25. The summed E-state index contributed by atoms with van der Waals surface area (Å²) in [5.74, 6) is -1.38. The number of carbonyl (C=O) groups is 1. The monoisotopic (exact) mass is 658 g/mol. The Hall–Kier alpha value is -4.04. The first-order valence-corrected chi connectivity index (χ1v) is 15.2. The second-order valence-corrected chi connectivity index (χ2v) is 11.9. The first-order chi connectivity index (χ1) is 21.6. The van der Waals surface area contributed by atoms with E-state index in [1.165, 1.54) is 10.3 Å². The third kappa shape index (κ3) is 8.57. The fourth-order valence-electron chi connectivity index (χ4n) is 4.73. The molecule has 1 aliphatic rings. The number of nitrogens with one attached hydrogen (secondary N) is 1. The lowest BCUT2D eigenvalue weighted by molar-refractivity contribution is -0.192. The number of aliphatic carboxylic acids is 1. The molecular weight excluding hydrogens is 629 g/mol. The van der Waals surface area contributed by atoms with Crippen molar-refractivity contribution in [3.8, 4) is 5.75 Å². The van der Waals surface area contributed by atoms with Gasteiger partial charge in [-0.05, 0) is 55.4 Å². The third-order valence-electron chi connectivity index (χ3n) is 7.19. The molecule has 1 saturated heterocycles. The number of pyridine rings is 1. The molecule has 3 aromatic heterocycles. The topological polar surface area (TPSA) is 104 Å². The maximum absolute atomic E-state index is 10.6. The van der Waals surface area contributed by atoms with E-state index >= 15 is 0 Å². The molecule has 45 heavy (non-hydrogen) atoms.